The monoisotopic (exact) mass is 441 g/mol. The van der Waals surface area contributed by atoms with Crippen LogP contribution < -0.4 is 15.6 Å². The van der Waals surface area contributed by atoms with Crippen molar-refractivity contribution in [1.82, 2.24) is 5.43 Å². The van der Waals surface area contributed by atoms with Crippen LogP contribution in [0, 0.1) is 0 Å². The first kappa shape index (κ1) is 20.1. The first-order valence-corrected chi connectivity index (χ1v) is 9.55. The summed E-state index contributed by atoms with van der Waals surface area (Å²) in [4.78, 5) is 11.5. The summed E-state index contributed by atoms with van der Waals surface area (Å²) in [5, 5.41) is 0.329. The fourth-order valence-electron chi connectivity index (χ4n) is 1.93. The third kappa shape index (κ3) is 4.31. The third-order valence-electron chi connectivity index (χ3n) is 3.13. The highest BCUT2D eigenvalue weighted by atomic mass is 35.5. The van der Waals surface area contributed by atoms with Gasteiger partial charge in [0, 0.05) is 0 Å². The molecule has 6 nitrogen and oxygen atoms in total. The minimum absolute atomic E-state index is 0.0174. The van der Waals surface area contributed by atoms with Crippen LogP contribution in [0.1, 0.15) is 0 Å². The summed E-state index contributed by atoms with van der Waals surface area (Å²) in [6.07, 6.45) is 0. The van der Waals surface area contributed by atoms with Gasteiger partial charge in [-0.25, -0.2) is 14.3 Å². The minimum atomic E-state index is -4.21. The largest absolute Gasteiger partial charge is 0.293 e. The van der Waals surface area contributed by atoms with Gasteiger partial charge in [-0.3, -0.25) is 14.5 Å². The summed E-state index contributed by atoms with van der Waals surface area (Å²) < 4.78 is 26.8. The number of amides is 1. The molecule has 134 valence electrons. The van der Waals surface area contributed by atoms with Crippen LogP contribution in [0.4, 0.5) is 5.69 Å². The van der Waals surface area contributed by atoms with E-state index in [4.69, 9.17) is 52.2 Å². The van der Waals surface area contributed by atoms with Crippen molar-refractivity contribution in [2.45, 2.75) is 4.90 Å². The Labute approximate surface area is 164 Å². The Balaban J connectivity index is 2.63. The molecule has 3 N–H and O–H groups in total. The van der Waals surface area contributed by atoms with Gasteiger partial charge in [-0.05, 0) is 30.3 Å². The van der Waals surface area contributed by atoms with Gasteiger partial charge in [-0.2, -0.15) is 0 Å². The van der Waals surface area contributed by atoms with Gasteiger partial charge in [0.1, 0.15) is 6.54 Å². The molecule has 25 heavy (non-hydrogen) atoms. The first-order chi connectivity index (χ1) is 11.7. The van der Waals surface area contributed by atoms with Crippen molar-refractivity contribution in [3.63, 3.8) is 0 Å². The van der Waals surface area contributed by atoms with Crippen molar-refractivity contribution in [3.8, 4) is 0 Å². The van der Waals surface area contributed by atoms with Gasteiger partial charge >= 0.3 is 0 Å². The Morgan fingerprint density at radius 2 is 1.72 bits per heavy atom. The molecule has 0 aliphatic heterocycles. The van der Waals surface area contributed by atoms with Crippen LogP contribution in [0.3, 0.4) is 0 Å². The molecule has 0 bridgehead atoms. The maximum absolute atomic E-state index is 13.0. The number of hydrogen-bond acceptors (Lipinski definition) is 4. The highest BCUT2D eigenvalue weighted by molar-refractivity contribution is 7.92. The second-order valence-corrected chi connectivity index (χ2v) is 8.19. The number of nitrogens with two attached hydrogens (primary N) is 1. The molecule has 0 heterocycles. The van der Waals surface area contributed by atoms with Gasteiger partial charge in [0.15, 0.2) is 0 Å². The van der Waals surface area contributed by atoms with E-state index in [9.17, 15) is 13.2 Å². The van der Waals surface area contributed by atoms with Crippen LogP contribution in [0.15, 0.2) is 41.3 Å². The number of hydrogen-bond donors (Lipinski definition) is 2. The number of nitrogens with one attached hydrogen (secondary N) is 1. The van der Waals surface area contributed by atoms with Crippen molar-refractivity contribution < 1.29 is 13.2 Å². The normalized spacial score (nSPS) is 11.2. The Morgan fingerprint density at radius 1 is 1.04 bits per heavy atom. The molecule has 0 atom stereocenters. The molecule has 11 heteroatoms. The van der Waals surface area contributed by atoms with E-state index < -0.39 is 22.5 Å². The number of carbonyl (C=O) groups excluding carboxylic acids is 1. The lowest BCUT2D eigenvalue weighted by atomic mass is 10.3. The fourth-order valence-corrected chi connectivity index (χ4v) is 4.20. The molecule has 0 aliphatic rings. The molecule has 0 aliphatic carbocycles. The number of halogens is 4. The van der Waals surface area contributed by atoms with E-state index in [2.05, 4.69) is 0 Å². The van der Waals surface area contributed by atoms with Gasteiger partial charge in [0.05, 0.1) is 30.7 Å². The summed E-state index contributed by atoms with van der Waals surface area (Å²) in [7, 11) is -4.21. The molecule has 0 saturated heterocycles. The average Bonchev–Trinajstić information content (AvgIpc) is 2.57. The molecule has 0 unspecified atom stereocenters. The molecule has 2 rings (SSSR count). The van der Waals surface area contributed by atoms with E-state index in [1.165, 1.54) is 36.4 Å². The topological polar surface area (TPSA) is 92.5 Å². The predicted octanol–water partition coefficient (Wildman–Crippen LogP) is 3.49. The van der Waals surface area contributed by atoms with Gasteiger partial charge in [0.25, 0.3) is 15.9 Å². The van der Waals surface area contributed by atoms with Crippen molar-refractivity contribution in [1.29, 1.82) is 0 Å². The summed E-state index contributed by atoms with van der Waals surface area (Å²) in [6, 6.07) is 8.16. The van der Waals surface area contributed by atoms with E-state index in [0.717, 1.165) is 4.31 Å². The zero-order chi connectivity index (χ0) is 18.8. The SMILES string of the molecule is NNC(=O)CN(c1cccc(Cl)c1Cl)S(=O)(=O)c1ccc(Cl)c(Cl)c1. The first-order valence-electron chi connectivity index (χ1n) is 6.59. The molecule has 1 amide bonds. The Hall–Kier alpha value is -1.22. The lowest BCUT2D eigenvalue weighted by Crippen LogP contribution is -2.43. The Bertz CT molecular complexity index is 922. The minimum Gasteiger partial charge on any atom is -0.293 e. The van der Waals surface area contributed by atoms with Crippen LogP contribution in [-0.2, 0) is 14.8 Å². The lowest BCUT2D eigenvalue weighted by Gasteiger charge is -2.25. The zero-order valence-corrected chi connectivity index (χ0v) is 16.2. The highest BCUT2D eigenvalue weighted by Gasteiger charge is 2.29. The fraction of sp³-hybridized carbons (Fsp3) is 0.0714. The quantitative estimate of drug-likeness (QED) is 0.421. The number of anilines is 1. The number of carbonyl (C=O) groups is 1. The van der Waals surface area contributed by atoms with Crippen LogP contribution in [0.5, 0.6) is 0 Å². The molecular formula is C14H11Cl4N3O3S. The van der Waals surface area contributed by atoms with Crippen LogP contribution in [0.2, 0.25) is 20.1 Å². The number of benzene rings is 2. The maximum atomic E-state index is 13.0. The van der Waals surface area contributed by atoms with Crippen LogP contribution in [-0.4, -0.2) is 20.9 Å². The van der Waals surface area contributed by atoms with Gasteiger partial charge in [-0.15, -0.1) is 0 Å². The van der Waals surface area contributed by atoms with Crippen molar-refractivity contribution in [2.75, 3.05) is 10.8 Å². The van der Waals surface area contributed by atoms with Crippen molar-refractivity contribution >= 4 is 68.0 Å². The lowest BCUT2D eigenvalue weighted by molar-refractivity contribution is -0.119. The summed E-state index contributed by atoms with van der Waals surface area (Å²) in [5.41, 5.74) is 1.89. The standard InChI is InChI=1S/C14H11Cl4N3O3S/c15-9-5-4-8(6-11(9)17)25(23,24)21(7-13(22)20-19)12-3-1-2-10(16)14(12)18/h1-6H,7,19H2,(H,20,22). The Kier molecular flexibility index (Phi) is 6.42. The molecular weight excluding hydrogens is 432 g/mol. The summed E-state index contributed by atoms with van der Waals surface area (Å²) in [6.45, 7) is -0.612. The van der Waals surface area contributed by atoms with Gasteiger partial charge in [-0.1, -0.05) is 52.5 Å². The summed E-state index contributed by atoms with van der Waals surface area (Å²) >= 11 is 23.8. The van der Waals surface area contributed by atoms with Crippen LogP contribution in [0.25, 0.3) is 0 Å². The zero-order valence-electron chi connectivity index (χ0n) is 12.3. The number of sulfonamides is 1. The van der Waals surface area contributed by atoms with Gasteiger partial charge < -0.3 is 0 Å². The third-order valence-corrected chi connectivity index (χ3v) is 6.43. The van der Waals surface area contributed by atoms with Crippen molar-refractivity contribution in [2.24, 2.45) is 5.84 Å². The van der Waals surface area contributed by atoms with E-state index in [0.29, 0.717) is 0 Å². The molecule has 0 fully saturated rings. The highest BCUT2D eigenvalue weighted by Crippen LogP contribution is 2.36. The molecule has 0 radical (unpaired) electrons. The molecule has 0 spiro atoms. The predicted molar refractivity (Wildman–Crippen MR) is 99.8 cm³/mol. The Morgan fingerprint density at radius 3 is 2.32 bits per heavy atom. The summed E-state index contributed by atoms with van der Waals surface area (Å²) in [5.74, 6) is 4.32. The number of nitrogens with zero attached hydrogens (tertiary/aromatic N) is 1. The van der Waals surface area contributed by atoms with Gasteiger partial charge in [0.2, 0.25) is 0 Å². The molecule has 2 aromatic carbocycles. The number of rotatable bonds is 5. The number of hydrazine groups is 1. The van der Waals surface area contributed by atoms with Crippen molar-refractivity contribution in [3.05, 3.63) is 56.5 Å². The van der Waals surface area contributed by atoms with E-state index >= 15 is 0 Å². The molecule has 0 saturated carbocycles. The van der Waals surface area contributed by atoms with Crippen LogP contribution >= 0.6 is 46.4 Å². The van der Waals surface area contributed by atoms with E-state index in [1.807, 2.05) is 5.43 Å². The average molecular weight is 443 g/mol. The maximum Gasteiger partial charge on any atom is 0.264 e. The smallest absolute Gasteiger partial charge is 0.264 e. The second-order valence-electron chi connectivity index (χ2n) is 4.73. The molecule has 0 aromatic heterocycles. The van der Waals surface area contributed by atoms with E-state index in [-0.39, 0.29) is 30.7 Å². The second kappa shape index (κ2) is 7.99. The molecule has 2 aromatic rings. The van der Waals surface area contributed by atoms with E-state index in [1.54, 1.807) is 0 Å².